The Hall–Kier alpha value is -1.46. The number of hydrogen-bond acceptors (Lipinski definition) is 4. The highest BCUT2D eigenvalue weighted by molar-refractivity contribution is 7.81. The molecule has 0 aliphatic heterocycles. The molecule has 20 heavy (non-hydrogen) atoms. The molecule has 0 amide bonds. The minimum absolute atomic E-state index is 0.402. The van der Waals surface area contributed by atoms with Crippen LogP contribution in [0.3, 0.4) is 0 Å². The average molecular weight is 306 g/mol. The second kappa shape index (κ2) is 6.81. The highest BCUT2D eigenvalue weighted by Crippen LogP contribution is 2.20. The Morgan fingerprint density at radius 3 is 2.90 bits per heavy atom. The van der Waals surface area contributed by atoms with Crippen molar-refractivity contribution in [2.75, 3.05) is 6.61 Å². The van der Waals surface area contributed by atoms with Crippen LogP contribution in [-0.4, -0.2) is 16.6 Å². The third-order valence-electron chi connectivity index (χ3n) is 2.91. The van der Waals surface area contributed by atoms with E-state index in [2.05, 4.69) is 31.0 Å². The molecule has 0 atom stereocenters. The van der Waals surface area contributed by atoms with E-state index in [1.54, 1.807) is 6.20 Å². The molecule has 2 aromatic rings. The number of thiazole rings is 1. The maximum Gasteiger partial charge on any atom is 0.119 e. The number of aromatic nitrogens is 1. The Labute approximate surface area is 128 Å². The van der Waals surface area contributed by atoms with E-state index >= 15 is 0 Å². The maximum absolute atomic E-state index is 5.77. The first-order valence-corrected chi connectivity index (χ1v) is 7.76. The summed E-state index contributed by atoms with van der Waals surface area (Å²) in [4.78, 5) is 5.55. The lowest BCUT2D eigenvalue weighted by Gasteiger charge is -2.09. The van der Waals surface area contributed by atoms with Gasteiger partial charge in [-0.1, -0.05) is 38.2 Å². The zero-order valence-corrected chi connectivity index (χ0v) is 13.3. The largest absolute Gasteiger partial charge is 0.493 e. The molecule has 1 heterocycles. The number of hydrogen-bond donors (Lipinski definition) is 1. The first-order valence-electron chi connectivity index (χ1n) is 6.53. The molecule has 1 aromatic heterocycles. The summed E-state index contributed by atoms with van der Waals surface area (Å²) in [5.41, 5.74) is 6.85. The number of ether oxygens (including phenoxy) is 1. The highest BCUT2D eigenvalue weighted by Gasteiger charge is 2.05. The summed E-state index contributed by atoms with van der Waals surface area (Å²) in [5.74, 6) is 1.41. The molecule has 0 spiro atoms. The molecule has 0 bridgehead atoms. The summed E-state index contributed by atoms with van der Waals surface area (Å²) in [6.07, 6.45) is 2.49. The zero-order valence-electron chi connectivity index (χ0n) is 11.6. The van der Waals surface area contributed by atoms with Gasteiger partial charge < -0.3 is 10.5 Å². The number of nitrogens with zero attached hydrogens (tertiary/aromatic N) is 1. The molecule has 2 N–H and O–H groups in total. The Morgan fingerprint density at radius 2 is 2.25 bits per heavy atom. The van der Waals surface area contributed by atoms with Crippen LogP contribution in [0.2, 0.25) is 0 Å². The number of rotatable bonds is 6. The van der Waals surface area contributed by atoms with Crippen molar-refractivity contribution in [2.45, 2.75) is 26.2 Å². The Bertz CT molecular complexity index is 593. The SMILES string of the molecule is CC(C)c1cccc(OCCc2ncc(C(N)=S)s2)c1. The molecule has 3 nitrogen and oxygen atoms in total. The van der Waals surface area contributed by atoms with Crippen molar-refractivity contribution in [1.29, 1.82) is 0 Å². The lowest BCUT2D eigenvalue weighted by Crippen LogP contribution is -2.06. The van der Waals surface area contributed by atoms with E-state index in [0.29, 0.717) is 17.5 Å². The molecule has 106 valence electrons. The highest BCUT2D eigenvalue weighted by atomic mass is 32.1. The van der Waals surface area contributed by atoms with Gasteiger partial charge in [-0.15, -0.1) is 11.3 Å². The summed E-state index contributed by atoms with van der Waals surface area (Å²) in [6.45, 7) is 4.95. The van der Waals surface area contributed by atoms with Gasteiger partial charge in [0.1, 0.15) is 10.7 Å². The fourth-order valence-electron chi connectivity index (χ4n) is 1.76. The van der Waals surface area contributed by atoms with E-state index in [1.165, 1.54) is 16.9 Å². The molecule has 2 rings (SSSR count). The van der Waals surface area contributed by atoms with E-state index in [4.69, 9.17) is 22.7 Å². The van der Waals surface area contributed by atoms with Gasteiger partial charge >= 0.3 is 0 Å². The van der Waals surface area contributed by atoms with Crippen molar-refractivity contribution >= 4 is 28.5 Å². The number of thiocarbonyl (C=S) groups is 1. The molecule has 5 heteroatoms. The van der Waals surface area contributed by atoms with Crippen molar-refractivity contribution in [2.24, 2.45) is 5.73 Å². The topological polar surface area (TPSA) is 48.1 Å². The van der Waals surface area contributed by atoms with E-state index in [0.717, 1.165) is 22.1 Å². The number of nitrogens with two attached hydrogens (primary N) is 1. The summed E-state index contributed by atoms with van der Waals surface area (Å²) in [7, 11) is 0. The van der Waals surface area contributed by atoms with Gasteiger partial charge in [-0.3, -0.25) is 0 Å². The molecule has 0 aliphatic carbocycles. The molecule has 0 aliphatic rings. The second-order valence-corrected chi connectivity index (χ2v) is 6.36. The third-order valence-corrected chi connectivity index (χ3v) is 4.35. The summed E-state index contributed by atoms with van der Waals surface area (Å²) >= 11 is 6.45. The maximum atomic E-state index is 5.77. The Balaban J connectivity index is 1.89. The van der Waals surface area contributed by atoms with Crippen LogP contribution in [0.25, 0.3) is 0 Å². The van der Waals surface area contributed by atoms with Crippen LogP contribution in [0.5, 0.6) is 5.75 Å². The van der Waals surface area contributed by atoms with Gasteiger partial charge in [0.05, 0.1) is 16.5 Å². The van der Waals surface area contributed by atoms with Crippen molar-refractivity contribution < 1.29 is 4.74 Å². The first-order chi connectivity index (χ1) is 9.56. The average Bonchev–Trinajstić information content (AvgIpc) is 2.88. The van der Waals surface area contributed by atoms with E-state index in [9.17, 15) is 0 Å². The molecular weight excluding hydrogens is 288 g/mol. The molecule has 0 saturated carbocycles. The van der Waals surface area contributed by atoms with Crippen molar-refractivity contribution in [3.05, 3.63) is 45.9 Å². The van der Waals surface area contributed by atoms with E-state index < -0.39 is 0 Å². The summed E-state index contributed by atoms with van der Waals surface area (Å²) in [5, 5.41) is 0.993. The fourth-order valence-corrected chi connectivity index (χ4v) is 2.69. The molecule has 0 fully saturated rings. The van der Waals surface area contributed by atoms with Gasteiger partial charge in [-0.25, -0.2) is 4.98 Å². The van der Waals surface area contributed by atoms with Gasteiger partial charge in [0.2, 0.25) is 0 Å². The minimum Gasteiger partial charge on any atom is -0.493 e. The third kappa shape index (κ3) is 4.02. The second-order valence-electron chi connectivity index (χ2n) is 4.81. The first kappa shape index (κ1) is 14.9. The van der Waals surface area contributed by atoms with Gasteiger partial charge in [0.25, 0.3) is 0 Å². The lowest BCUT2D eigenvalue weighted by atomic mass is 10.0. The van der Waals surface area contributed by atoms with Crippen LogP contribution in [0, 0.1) is 0 Å². The molecular formula is C15H18N2OS2. The quantitative estimate of drug-likeness (QED) is 0.830. The van der Waals surface area contributed by atoms with Crippen molar-refractivity contribution in [3.63, 3.8) is 0 Å². The Morgan fingerprint density at radius 1 is 1.45 bits per heavy atom. The predicted molar refractivity (Wildman–Crippen MR) is 87.7 cm³/mol. The van der Waals surface area contributed by atoms with Crippen molar-refractivity contribution in [1.82, 2.24) is 4.98 Å². The van der Waals surface area contributed by atoms with E-state index in [-0.39, 0.29) is 0 Å². The normalized spacial score (nSPS) is 10.8. The van der Waals surface area contributed by atoms with Crippen LogP contribution < -0.4 is 10.5 Å². The molecule has 0 saturated heterocycles. The number of benzene rings is 1. The van der Waals surface area contributed by atoms with Crippen LogP contribution in [0.15, 0.2) is 30.5 Å². The molecule has 0 unspecified atom stereocenters. The van der Waals surface area contributed by atoms with Gasteiger partial charge in [-0.05, 0) is 23.6 Å². The molecule has 1 aromatic carbocycles. The van der Waals surface area contributed by atoms with Crippen LogP contribution in [-0.2, 0) is 6.42 Å². The monoisotopic (exact) mass is 306 g/mol. The molecule has 0 radical (unpaired) electrons. The smallest absolute Gasteiger partial charge is 0.119 e. The minimum atomic E-state index is 0.402. The zero-order chi connectivity index (χ0) is 14.5. The summed E-state index contributed by atoms with van der Waals surface area (Å²) in [6, 6.07) is 8.22. The van der Waals surface area contributed by atoms with Crippen LogP contribution >= 0.6 is 23.6 Å². The van der Waals surface area contributed by atoms with Gasteiger partial charge in [0, 0.05) is 12.6 Å². The fraction of sp³-hybridized carbons (Fsp3) is 0.333. The predicted octanol–water partition coefficient (Wildman–Crippen LogP) is 3.52. The van der Waals surface area contributed by atoms with E-state index in [1.807, 2.05) is 12.1 Å². The van der Waals surface area contributed by atoms with Crippen molar-refractivity contribution in [3.8, 4) is 5.75 Å². The summed E-state index contributed by atoms with van der Waals surface area (Å²) < 4.78 is 5.77. The van der Waals surface area contributed by atoms with Crippen LogP contribution in [0.4, 0.5) is 0 Å². The standard InChI is InChI=1S/C15H18N2OS2/c1-10(2)11-4-3-5-12(8-11)18-7-6-14-17-9-13(20-14)15(16)19/h3-5,8-10H,6-7H2,1-2H3,(H2,16,19). The van der Waals surface area contributed by atoms with Gasteiger partial charge in [-0.2, -0.15) is 0 Å². The van der Waals surface area contributed by atoms with Crippen LogP contribution in [0.1, 0.15) is 35.2 Å². The van der Waals surface area contributed by atoms with Gasteiger partial charge in [0.15, 0.2) is 0 Å². The lowest BCUT2D eigenvalue weighted by molar-refractivity contribution is 0.321. The Kier molecular flexibility index (Phi) is 5.09.